The maximum atomic E-state index is 10.9. The third-order valence-electron chi connectivity index (χ3n) is 1.67. The molecular formula is C7H6N2O2. The Bertz CT molecular complexity index is 367. The summed E-state index contributed by atoms with van der Waals surface area (Å²) in [6.45, 7) is 0.519. The third-order valence-corrected chi connectivity index (χ3v) is 1.67. The van der Waals surface area contributed by atoms with Crippen molar-refractivity contribution in [3.05, 3.63) is 33.7 Å². The summed E-state index contributed by atoms with van der Waals surface area (Å²) in [5.41, 5.74) is 1.02. The lowest BCUT2D eigenvalue weighted by molar-refractivity contribution is 0.0961. The van der Waals surface area contributed by atoms with Gasteiger partial charge in [-0.1, -0.05) is 0 Å². The maximum absolute atomic E-state index is 10.9. The summed E-state index contributed by atoms with van der Waals surface area (Å²) >= 11 is 0. The lowest BCUT2D eigenvalue weighted by Crippen LogP contribution is -2.15. The molecule has 0 saturated heterocycles. The van der Waals surface area contributed by atoms with Gasteiger partial charge in [0.05, 0.1) is 0 Å². The Kier molecular flexibility index (Phi) is 1.09. The smallest absolute Gasteiger partial charge is 0.268 e. The first-order valence-electron chi connectivity index (χ1n) is 3.28. The summed E-state index contributed by atoms with van der Waals surface area (Å²) in [7, 11) is 0. The van der Waals surface area contributed by atoms with E-state index in [9.17, 15) is 9.59 Å². The van der Waals surface area contributed by atoms with Gasteiger partial charge in [0.1, 0.15) is 5.69 Å². The molecule has 0 unspecified atom stereocenters. The SMILES string of the molecule is O=C1NCc2ccc(=O)[nH]c21. The maximum Gasteiger partial charge on any atom is 0.268 e. The molecule has 56 valence electrons. The molecule has 1 aromatic rings. The Morgan fingerprint density at radius 2 is 2.09 bits per heavy atom. The van der Waals surface area contributed by atoms with Crippen LogP contribution >= 0.6 is 0 Å². The van der Waals surface area contributed by atoms with Crippen molar-refractivity contribution in [1.82, 2.24) is 10.3 Å². The average Bonchev–Trinajstić information content (AvgIpc) is 2.33. The highest BCUT2D eigenvalue weighted by Crippen LogP contribution is 2.08. The van der Waals surface area contributed by atoms with Crippen molar-refractivity contribution in [3.8, 4) is 0 Å². The van der Waals surface area contributed by atoms with E-state index in [0.29, 0.717) is 12.2 Å². The van der Waals surface area contributed by atoms with Crippen molar-refractivity contribution < 1.29 is 4.79 Å². The number of aromatic nitrogens is 1. The molecule has 2 heterocycles. The molecular weight excluding hydrogens is 144 g/mol. The van der Waals surface area contributed by atoms with Crippen LogP contribution in [0.25, 0.3) is 0 Å². The summed E-state index contributed by atoms with van der Waals surface area (Å²) in [6, 6.07) is 3.07. The highest BCUT2D eigenvalue weighted by molar-refractivity contribution is 5.96. The lowest BCUT2D eigenvalue weighted by atomic mass is 10.2. The summed E-state index contributed by atoms with van der Waals surface area (Å²) in [5, 5.41) is 2.60. The highest BCUT2D eigenvalue weighted by Gasteiger charge is 2.18. The number of rotatable bonds is 0. The Balaban J connectivity index is 2.70. The quantitative estimate of drug-likeness (QED) is 0.529. The molecule has 4 nitrogen and oxygen atoms in total. The minimum atomic E-state index is -0.235. The van der Waals surface area contributed by atoms with Gasteiger partial charge in [-0.25, -0.2) is 0 Å². The van der Waals surface area contributed by atoms with Gasteiger partial charge >= 0.3 is 0 Å². The second-order valence-corrected chi connectivity index (χ2v) is 2.41. The monoisotopic (exact) mass is 150 g/mol. The van der Waals surface area contributed by atoms with E-state index in [0.717, 1.165) is 5.56 Å². The van der Waals surface area contributed by atoms with Gasteiger partial charge in [0.25, 0.3) is 5.91 Å². The van der Waals surface area contributed by atoms with E-state index < -0.39 is 0 Å². The summed E-state index contributed by atoms with van der Waals surface area (Å²) in [6.07, 6.45) is 0. The molecule has 11 heavy (non-hydrogen) atoms. The third kappa shape index (κ3) is 0.832. The normalized spacial score (nSPS) is 14.4. The first kappa shape index (κ1) is 6.15. The predicted octanol–water partition coefficient (Wildman–Crippen LogP) is -0.382. The fourth-order valence-electron chi connectivity index (χ4n) is 1.12. The molecule has 1 aliphatic heterocycles. The van der Waals surface area contributed by atoms with E-state index in [-0.39, 0.29) is 11.5 Å². The van der Waals surface area contributed by atoms with Gasteiger partial charge in [0, 0.05) is 18.2 Å². The Hall–Kier alpha value is -1.58. The Morgan fingerprint density at radius 3 is 2.91 bits per heavy atom. The van der Waals surface area contributed by atoms with E-state index in [4.69, 9.17) is 0 Å². The van der Waals surface area contributed by atoms with E-state index in [1.165, 1.54) is 6.07 Å². The zero-order valence-electron chi connectivity index (χ0n) is 5.68. The number of aromatic amines is 1. The van der Waals surface area contributed by atoms with E-state index in [1.807, 2.05) is 0 Å². The van der Waals surface area contributed by atoms with Crippen molar-refractivity contribution in [1.29, 1.82) is 0 Å². The van der Waals surface area contributed by atoms with Gasteiger partial charge < -0.3 is 10.3 Å². The zero-order chi connectivity index (χ0) is 7.84. The first-order chi connectivity index (χ1) is 5.27. The van der Waals surface area contributed by atoms with Gasteiger partial charge in [-0.3, -0.25) is 9.59 Å². The molecule has 2 rings (SSSR count). The van der Waals surface area contributed by atoms with Crippen molar-refractivity contribution in [2.24, 2.45) is 0 Å². The standard InChI is InChI=1S/C7H6N2O2/c10-5-2-1-4-3-8-7(11)6(4)9-5/h1-2H,3H2,(H,8,11)(H,9,10). The van der Waals surface area contributed by atoms with E-state index in [1.54, 1.807) is 6.07 Å². The van der Waals surface area contributed by atoms with Gasteiger partial charge in [0.15, 0.2) is 0 Å². The van der Waals surface area contributed by atoms with Crippen LogP contribution in [0.15, 0.2) is 16.9 Å². The number of carbonyl (C=O) groups excluding carboxylic acids is 1. The molecule has 0 aliphatic carbocycles. The molecule has 0 radical (unpaired) electrons. The van der Waals surface area contributed by atoms with Crippen LogP contribution in [0.5, 0.6) is 0 Å². The van der Waals surface area contributed by atoms with E-state index >= 15 is 0 Å². The minimum Gasteiger partial charge on any atom is -0.347 e. The molecule has 1 aromatic heterocycles. The largest absolute Gasteiger partial charge is 0.347 e. The molecule has 0 atom stereocenters. The van der Waals surface area contributed by atoms with Crippen LogP contribution in [-0.4, -0.2) is 10.9 Å². The molecule has 0 fully saturated rings. The fraction of sp³-hybridized carbons (Fsp3) is 0.143. The molecule has 0 aromatic carbocycles. The number of H-pyrrole nitrogens is 1. The number of hydrogen-bond acceptors (Lipinski definition) is 2. The molecule has 0 spiro atoms. The summed E-state index contributed by atoms with van der Waals surface area (Å²) in [4.78, 5) is 24.1. The minimum absolute atomic E-state index is 0.197. The van der Waals surface area contributed by atoms with Gasteiger partial charge in [-0.2, -0.15) is 0 Å². The number of amides is 1. The van der Waals surface area contributed by atoms with Gasteiger partial charge in [0.2, 0.25) is 5.56 Å². The number of fused-ring (bicyclic) bond motifs is 1. The molecule has 0 saturated carbocycles. The van der Waals surface area contributed by atoms with Crippen LogP contribution < -0.4 is 10.9 Å². The fourth-order valence-corrected chi connectivity index (χ4v) is 1.12. The van der Waals surface area contributed by atoms with Gasteiger partial charge in [-0.15, -0.1) is 0 Å². The molecule has 1 aliphatic rings. The molecule has 2 N–H and O–H groups in total. The van der Waals surface area contributed by atoms with Crippen LogP contribution in [0.2, 0.25) is 0 Å². The van der Waals surface area contributed by atoms with Crippen LogP contribution in [0.4, 0.5) is 0 Å². The Morgan fingerprint density at radius 1 is 1.27 bits per heavy atom. The topological polar surface area (TPSA) is 62.0 Å². The first-order valence-corrected chi connectivity index (χ1v) is 3.28. The van der Waals surface area contributed by atoms with E-state index in [2.05, 4.69) is 10.3 Å². The molecule has 1 amide bonds. The van der Waals surface area contributed by atoms with Crippen LogP contribution in [0.1, 0.15) is 16.1 Å². The second kappa shape index (κ2) is 1.95. The summed E-state index contributed by atoms with van der Waals surface area (Å²) < 4.78 is 0. The van der Waals surface area contributed by atoms with Crippen LogP contribution in [0, 0.1) is 0 Å². The zero-order valence-corrected chi connectivity index (χ0v) is 5.68. The number of pyridine rings is 1. The lowest BCUT2D eigenvalue weighted by Gasteiger charge is -1.90. The van der Waals surface area contributed by atoms with Crippen LogP contribution in [0.3, 0.4) is 0 Å². The van der Waals surface area contributed by atoms with Crippen molar-refractivity contribution >= 4 is 5.91 Å². The van der Waals surface area contributed by atoms with Crippen LogP contribution in [-0.2, 0) is 6.54 Å². The number of hydrogen-bond donors (Lipinski definition) is 2. The number of nitrogens with one attached hydrogen (secondary N) is 2. The molecule has 0 bridgehead atoms. The second-order valence-electron chi connectivity index (χ2n) is 2.41. The summed E-state index contributed by atoms with van der Waals surface area (Å²) in [5.74, 6) is -0.197. The van der Waals surface area contributed by atoms with Crippen molar-refractivity contribution in [2.75, 3.05) is 0 Å². The average molecular weight is 150 g/mol. The molecule has 4 heteroatoms. The van der Waals surface area contributed by atoms with Crippen molar-refractivity contribution in [2.45, 2.75) is 6.54 Å². The highest BCUT2D eigenvalue weighted by atomic mass is 16.2. The Labute approximate surface area is 62.2 Å². The predicted molar refractivity (Wildman–Crippen MR) is 38.2 cm³/mol. The number of carbonyl (C=O) groups is 1. The van der Waals surface area contributed by atoms with Gasteiger partial charge in [-0.05, 0) is 6.07 Å². The van der Waals surface area contributed by atoms with Crippen molar-refractivity contribution in [3.63, 3.8) is 0 Å².